The highest BCUT2D eigenvalue weighted by Crippen LogP contribution is 2.22. The second-order valence-corrected chi connectivity index (χ2v) is 18.3. The molecular formula is C55H98O13. The van der Waals surface area contributed by atoms with Gasteiger partial charge >= 0.3 is 29.8 Å². The molecule has 13 heteroatoms. The molecule has 0 fully saturated rings. The van der Waals surface area contributed by atoms with E-state index in [1.54, 1.807) is 0 Å². The van der Waals surface area contributed by atoms with Crippen molar-refractivity contribution in [3.63, 3.8) is 0 Å². The number of unbranched alkanes of at least 4 members (excludes halogenated alkanes) is 18. The Hall–Kier alpha value is -3.29. The van der Waals surface area contributed by atoms with Gasteiger partial charge < -0.3 is 38.3 Å². The molecule has 13 nitrogen and oxygen atoms in total. The molecule has 1 N–H and O–H groups in total. The van der Waals surface area contributed by atoms with E-state index in [1.165, 1.54) is 64.2 Å². The summed E-state index contributed by atoms with van der Waals surface area (Å²) in [7, 11) is 0. The highest BCUT2D eigenvalue weighted by atomic mass is 16.7. The number of carbonyl (C=O) groups is 5. The van der Waals surface area contributed by atoms with Crippen molar-refractivity contribution in [2.24, 2.45) is 5.41 Å². The lowest BCUT2D eigenvalue weighted by Crippen LogP contribution is -2.42. The fourth-order valence-corrected chi connectivity index (χ4v) is 7.02. The van der Waals surface area contributed by atoms with Crippen LogP contribution in [0.3, 0.4) is 0 Å². The summed E-state index contributed by atoms with van der Waals surface area (Å²) in [5.74, 6) is -2.33. The third kappa shape index (κ3) is 42.8. The smallest absolute Gasteiger partial charge is 0.306 e. The summed E-state index contributed by atoms with van der Waals surface area (Å²) in [4.78, 5) is 63.3. The van der Waals surface area contributed by atoms with E-state index in [0.717, 1.165) is 64.2 Å². The third-order valence-corrected chi connectivity index (χ3v) is 11.5. The summed E-state index contributed by atoms with van der Waals surface area (Å²) in [6.07, 6.45) is 34.0. The van der Waals surface area contributed by atoms with Crippen LogP contribution >= 0.6 is 0 Å². The van der Waals surface area contributed by atoms with Crippen molar-refractivity contribution in [3.8, 4) is 0 Å². The molecule has 0 aromatic carbocycles. The summed E-state index contributed by atoms with van der Waals surface area (Å²) >= 11 is 0. The Morgan fingerprint density at radius 1 is 0.382 bits per heavy atom. The molecule has 0 bridgehead atoms. The quantitative estimate of drug-likeness (QED) is 0.0201. The van der Waals surface area contributed by atoms with E-state index < -0.39 is 36.2 Å². The van der Waals surface area contributed by atoms with Crippen LogP contribution in [0.15, 0.2) is 24.3 Å². The molecule has 0 saturated carbocycles. The zero-order valence-corrected chi connectivity index (χ0v) is 43.5. The Morgan fingerprint density at radius 3 is 1.09 bits per heavy atom. The monoisotopic (exact) mass is 967 g/mol. The largest absolute Gasteiger partial charge is 0.465 e. The number of rotatable bonds is 50. The highest BCUT2D eigenvalue weighted by Gasteiger charge is 2.35. The summed E-state index contributed by atoms with van der Waals surface area (Å²) in [5.41, 5.74) is -1.43. The van der Waals surface area contributed by atoms with Crippen molar-refractivity contribution in [2.45, 2.75) is 239 Å². The Bertz CT molecular complexity index is 1200. The molecule has 68 heavy (non-hydrogen) atoms. The van der Waals surface area contributed by atoms with Crippen LogP contribution in [-0.4, -0.2) is 94.1 Å². The number of hydrogen-bond donors (Lipinski definition) is 1. The fraction of sp³-hybridized carbons (Fsp3) is 0.836. The zero-order valence-electron chi connectivity index (χ0n) is 43.5. The summed E-state index contributed by atoms with van der Waals surface area (Å²) < 4.78 is 39.6. The van der Waals surface area contributed by atoms with Crippen molar-refractivity contribution in [1.29, 1.82) is 0 Å². The summed E-state index contributed by atoms with van der Waals surface area (Å²) in [5, 5.41) is 10.6. The van der Waals surface area contributed by atoms with Gasteiger partial charge in [-0.3, -0.25) is 24.0 Å². The van der Waals surface area contributed by atoms with Crippen molar-refractivity contribution in [2.75, 3.05) is 52.9 Å². The Kier molecular flexibility index (Phi) is 46.4. The molecular weight excluding hydrogens is 869 g/mol. The maximum absolute atomic E-state index is 13.2. The maximum atomic E-state index is 13.2. The number of esters is 5. The van der Waals surface area contributed by atoms with Gasteiger partial charge in [0.05, 0.1) is 31.7 Å². The van der Waals surface area contributed by atoms with Gasteiger partial charge in [-0.2, -0.15) is 0 Å². The molecule has 0 unspecified atom stereocenters. The summed E-state index contributed by atoms with van der Waals surface area (Å²) in [6.45, 7) is 8.71. The zero-order chi connectivity index (χ0) is 50.0. The predicted octanol–water partition coefficient (Wildman–Crippen LogP) is 12.7. The predicted molar refractivity (Wildman–Crippen MR) is 269 cm³/mol. The molecule has 0 radical (unpaired) electrons. The highest BCUT2D eigenvalue weighted by molar-refractivity contribution is 5.71. The standard InChI is InChI=1S/C55H98O13/c1-5-9-13-17-21-25-31-41-62-49(57)35-27-29-37-51(59)66-46-55(45-56,47-67-52(60)38-30-28-36-50(58)63-42-32-26-22-18-14-10-6-2)48-68-53(61)39-40-54(64-43-33-23-19-15-11-7-3)65-44-34-24-20-16-12-8-4/h21-22,25-26,54,56H,5-20,23-24,27-48H2,1-4H3/b25-21-,26-22-. The number of allylic oxidation sites excluding steroid dienone is 2. The minimum absolute atomic E-state index is 0.00485. The van der Waals surface area contributed by atoms with Crippen molar-refractivity contribution >= 4 is 29.8 Å². The first-order valence-corrected chi connectivity index (χ1v) is 27.1. The minimum atomic E-state index is -1.43. The number of ether oxygens (including phenoxy) is 7. The number of aliphatic hydroxyl groups excluding tert-OH is 1. The van der Waals surface area contributed by atoms with Crippen molar-refractivity contribution < 1.29 is 62.2 Å². The van der Waals surface area contributed by atoms with Crippen LogP contribution in [0, 0.1) is 5.41 Å². The van der Waals surface area contributed by atoms with Crippen molar-refractivity contribution in [1.82, 2.24) is 0 Å². The van der Waals surface area contributed by atoms with Gasteiger partial charge in [-0.15, -0.1) is 0 Å². The topological polar surface area (TPSA) is 170 Å². The average molecular weight is 967 g/mol. The molecule has 0 aliphatic rings. The first kappa shape index (κ1) is 64.7. The second kappa shape index (κ2) is 48.7. The molecule has 0 atom stereocenters. The molecule has 396 valence electrons. The first-order chi connectivity index (χ1) is 33.1. The van der Waals surface area contributed by atoms with Crippen LogP contribution in [0.5, 0.6) is 0 Å². The minimum Gasteiger partial charge on any atom is -0.465 e. The molecule has 0 amide bonds. The number of hydrogen-bond acceptors (Lipinski definition) is 13. The number of aliphatic hydroxyl groups is 1. The maximum Gasteiger partial charge on any atom is 0.306 e. The lowest BCUT2D eigenvalue weighted by atomic mass is 9.92. The van der Waals surface area contributed by atoms with Gasteiger partial charge in [0.2, 0.25) is 0 Å². The molecule has 0 heterocycles. The molecule has 0 rings (SSSR count). The molecule has 0 spiro atoms. The van der Waals surface area contributed by atoms with Crippen LogP contribution in [0.4, 0.5) is 0 Å². The van der Waals surface area contributed by atoms with Crippen LogP contribution < -0.4 is 0 Å². The Balaban J connectivity index is 5.26. The van der Waals surface area contributed by atoms with Gasteiger partial charge in [0.1, 0.15) is 19.8 Å². The van der Waals surface area contributed by atoms with E-state index in [1.807, 2.05) is 12.2 Å². The Morgan fingerprint density at radius 2 is 0.706 bits per heavy atom. The number of carbonyl (C=O) groups excluding carboxylic acids is 5. The van der Waals surface area contributed by atoms with Gasteiger partial charge in [-0.25, -0.2) is 0 Å². The second-order valence-electron chi connectivity index (χ2n) is 18.3. The fourth-order valence-electron chi connectivity index (χ4n) is 7.02. The van der Waals surface area contributed by atoms with Crippen LogP contribution in [0.1, 0.15) is 233 Å². The SMILES string of the molecule is CCCCC/C=C\CCOC(=O)CCCCC(=O)OCC(CO)(COC(=O)CCCCC(=O)OCC/C=C\CCCCC)COC(=O)CCC(OCCCCCCCC)OCCCCCCCC. The van der Waals surface area contributed by atoms with Crippen LogP contribution in [0.25, 0.3) is 0 Å². The van der Waals surface area contributed by atoms with Crippen LogP contribution in [-0.2, 0) is 57.1 Å². The van der Waals surface area contributed by atoms with Gasteiger partial charge in [0.25, 0.3) is 0 Å². The average Bonchev–Trinajstić information content (AvgIpc) is 3.34. The molecule has 0 aliphatic heterocycles. The van der Waals surface area contributed by atoms with E-state index in [0.29, 0.717) is 65.0 Å². The third-order valence-electron chi connectivity index (χ3n) is 11.5. The van der Waals surface area contributed by atoms with E-state index in [2.05, 4.69) is 39.8 Å². The van der Waals surface area contributed by atoms with Gasteiger partial charge in [-0.05, 0) is 77.0 Å². The van der Waals surface area contributed by atoms with Gasteiger partial charge in [0.15, 0.2) is 6.29 Å². The molecule has 0 aliphatic carbocycles. The first-order valence-electron chi connectivity index (χ1n) is 27.1. The van der Waals surface area contributed by atoms with Gasteiger partial charge in [-0.1, -0.05) is 142 Å². The lowest BCUT2D eigenvalue weighted by Gasteiger charge is -2.30. The van der Waals surface area contributed by atoms with E-state index in [4.69, 9.17) is 33.2 Å². The van der Waals surface area contributed by atoms with Crippen LogP contribution in [0.2, 0.25) is 0 Å². The molecule has 0 aromatic heterocycles. The molecule has 0 aromatic rings. The van der Waals surface area contributed by atoms with Gasteiger partial charge in [0, 0.05) is 45.3 Å². The molecule has 0 saturated heterocycles. The Labute approximate surface area is 412 Å². The van der Waals surface area contributed by atoms with E-state index in [-0.39, 0.29) is 70.3 Å². The summed E-state index contributed by atoms with van der Waals surface area (Å²) in [6, 6.07) is 0. The van der Waals surface area contributed by atoms with Crippen molar-refractivity contribution in [3.05, 3.63) is 24.3 Å². The lowest BCUT2D eigenvalue weighted by molar-refractivity contribution is -0.170. The normalized spacial score (nSPS) is 11.7. The van der Waals surface area contributed by atoms with E-state index in [9.17, 15) is 29.1 Å². The van der Waals surface area contributed by atoms with E-state index >= 15 is 0 Å².